The Hall–Kier alpha value is -0.620. The molecule has 0 N–H and O–H groups in total. The summed E-state index contributed by atoms with van der Waals surface area (Å²) in [5, 5.41) is 1.24. The Balaban J connectivity index is 1.88. The van der Waals surface area contributed by atoms with Crippen molar-refractivity contribution in [3.63, 3.8) is 0 Å². The zero-order valence-corrected chi connectivity index (χ0v) is 17.0. The zero-order valence-electron chi connectivity index (χ0n) is 13.8. The fourth-order valence-corrected chi connectivity index (χ4v) is 5.05. The fourth-order valence-electron chi connectivity index (χ4n) is 4.01. The van der Waals surface area contributed by atoms with Crippen LogP contribution in [0, 0.1) is 5.41 Å². The molecule has 3 nitrogen and oxygen atoms in total. The van der Waals surface area contributed by atoms with Gasteiger partial charge in [0.1, 0.15) is 10.8 Å². The van der Waals surface area contributed by atoms with Gasteiger partial charge in [-0.3, -0.25) is 0 Å². The highest BCUT2D eigenvalue weighted by Gasteiger charge is 2.55. The molecule has 1 aliphatic carbocycles. The first-order valence-corrected chi connectivity index (χ1v) is 10.3. The van der Waals surface area contributed by atoms with E-state index < -0.39 is 0 Å². The highest BCUT2D eigenvalue weighted by Crippen LogP contribution is 2.56. The molecule has 1 aromatic carbocycles. The predicted molar refractivity (Wildman–Crippen MR) is 101 cm³/mol. The van der Waals surface area contributed by atoms with E-state index >= 15 is 0 Å². The Bertz CT molecular complexity index is 842. The van der Waals surface area contributed by atoms with Crippen LogP contribution >= 0.6 is 39.3 Å². The second kappa shape index (κ2) is 5.70. The normalized spacial score (nSPS) is 24.0. The van der Waals surface area contributed by atoms with E-state index in [-0.39, 0.29) is 11.0 Å². The van der Waals surface area contributed by atoms with Crippen molar-refractivity contribution in [3.8, 4) is 0 Å². The Morgan fingerprint density at radius 2 is 2.04 bits per heavy atom. The minimum Gasteiger partial charge on any atom is -0.364 e. The number of hydrogen-bond acceptors (Lipinski definition) is 4. The number of nitrogens with zero attached hydrogens (tertiary/aromatic N) is 2. The maximum absolute atomic E-state index is 6.51. The van der Waals surface area contributed by atoms with Crippen LogP contribution in [0.5, 0.6) is 0 Å². The van der Waals surface area contributed by atoms with E-state index in [1.54, 1.807) is 0 Å². The molecule has 2 heterocycles. The van der Waals surface area contributed by atoms with E-state index in [0.29, 0.717) is 11.8 Å². The number of aromatic nitrogens is 2. The molecule has 0 amide bonds. The first-order chi connectivity index (χ1) is 11.4. The third kappa shape index (κ3) is 2.36. The van der Waals surface area contributed by atoms with Crippen molar-refractivity contribution in [2.24, 2.45) is 5.41 Å². The molecule has 1 unspecified atom stereocenters. The van der Waals surface area contributed by atoms with Crippen molar-refractivity contribution >= 4 is 39.3 Å². The molecule has 0 radical (unpaired) electrons. The van der Waals surface area contributed by atoms with Crippen LogP contribution in [0.3, 0.4) is 0 Å². The smallest absolute Gasteiger partial charge is 0.188 e. The molecule has 0 fully saturated rings. The van der Waals surface area contributed by atoms with Crippen molar-refractivity contribution in [2.75, 3.05) is 6.26 Å². The standard InChI is InChI=1S/C18H18BrClN2OS/c1-17(2)7-10-4-5-11(19)6-13(10)18(17)8-14-12(9-23-18)15(20)22-16(21-14)24-3/h4-6H,7-9H2,1-3H3. The van der Waals surface area contributed by atoms with Crippen LogP contribution in [0.25, 0.3) is 0 Å². The van der Waals surface area contributed by atoms with Gasteiger partial charge in [-0.2, -0.15) is 0 Å². The third-order valence-electron chi connectivity index (χ3n) is 5.32. The molecule has 2 aliphatic rings. The van der Waals surface area contributed by atoms with Crippen molar-refractivity contribution in [3.05, 3.63) is 50.2 Å². The molecular weight excluding hydrogens is 408 g/mol. The lowest BCUT2D eigenvalue weighted by Crippen LogP contribution is -2.46. The number of fused-ring (bicyclic) bond motifs is 3. The Kier molecular flexibility index (Phi) is 3.99. The number of hydrogen-bond donors (Lipinski definition) is 0. The van der Waals surface area contributed by atoms with Crippen LogP contribution < -0.4 is 0 Å². The number of halogens is 2. The first kappa shape index (κ1) is 16.8. The highest BCUT2D eigenvalue weighted by atomic mass is 79.9. The van der Waals surface area contributed by atoms with Gasteiger partial charge in [-0.1, -0.05) is 59.2 Å². The van der Waals surface area contributed by atoms with Gasteiger partial charge in [0.05, 0.1) is 12.3 Å². The molecule has 2 aromatic rings. The fraction of sp³-hybridized carbons (Fsp3) is 0.444. The summed E-state index contributed by atoms with van der Waals surface area (Å²) in [6.07, 6.45) is 3.70. The lowest BCUT2D eigenvalue weighted by atomic mass is 9.71. The summed E-state index contributed by atoms with van der Waals surface area (Å²) in [6, 6.07) is 6.51. The SMILES string of the molecule is CSc1nc(Cl)c2c(n1)CC1(OC2)c2cc(Br)ccc2CC1(C)C. The zero-order chi connectivity index (χ0) is 17.1. The summed E-state index contributed by atoms with van der Waals surface area (Å²) in [7, 11) is 0. The average molecular weight is 426 g/mol. The second-order valence-electron chi connectivity index (χ2n) is 7.08. The number of ether oxygens (including phenoxy) is 1. The molecule has 0 bridgehead atoms. The summed E-state index contributed by atoms with van der Waals surface area (Å²) < 4.78 is 7.59. The number of benzene rings is 1. The summed E-state index contributed by atoms with van der Waals surface area (Å²) in [5.41, 5.74) is 4.20. The van der Waals surface area contributed by atoms with Gasteiger partial charge in [0.25, 0.3) is 0 Å². The summed E-state index contributed by atoms with van der Waals surface area (Å²) in [6.45, 7) is 5.02. The van der Waals surface area contributed by atoms with E-state index in [4.69, 9.17) is 21.3 Å². The van der Waals surface area contributed by atoms with Gasteiger partial charge in [0, 0.05) is 21.9 Å². The van der Waals surface area contributed by atoms with Crippen LogP contribution in [0.4, 0.5) is 0 Å². The van der Waals surface area contributed by atoms with Crippen LogP contribution in [0.1, 0.15) is 36.2 Å². The summed E-state index contributed by atoms with van der Waals surface area (Å²) in [5.74, 6) is 0. The molecule has 126 valence electrons. The molecule has 4 rings (SSSR count). The van der Waals surface area contributed by atoms with E-state index in [9.17, 15) is 0 Å². The quantitative estimate of drug-likeness (QED) is 0.359. The van der Waals surface area contributed by atoms with E-state index in [0.717, 1.165) is 33.7 Å². The van der Waals surface area contributed by atoms with Gasteiger partial charge in [-0.15, -0.1) is 0 Å². The van der Waals surface area contributed by atoms with Crippen molar-refractivity contribution in [2.45, 2.75) is 44.1 Å². The molecule has 0 saturated carbocycles. The van der Waals surface area contributed by atoms with Crippen molar-refractivity contribution in [1.29, 1.82) is 0 Å². The van der Waals surface area contributed by atoms with E-state index in [2.05, 4.69) is 53.0 Å². The molecule has 6 heteroatoms. The second-order valence-corrected chi connectivity index (χ2v) is 9.13. The van der Waals surface area contributed by atoms with Crippen molar-refractivity contribution in [1.82, 2.24) is 9.97 Å². The molecule has 1 atom stereocenters. The van der Waals surface area contributed by atoms with Crippen LogP contribution in [-0.2, 0) is 29.8 Å². The highest BCUT2D eigenvalue weighted by molar-refractivity contribution is 9.10. The molecule has 1 spiro atoms. The van der Waals surface area contributed by atoms with E-state index in [1.807, 2.05) is 6.26 Å². The number of thioether (sulfide) groups is 1. The minimum absolute atomic E-state index is 0.00916. The largest absolute Gasteiger partial charge is 0.364 e. The molecule has 24 heavy (non-hydrogen) atoms. The van der Waals surface area contributed by atoms with Gasteiger partial charge in [-0.25, -0.2) is 9.97 Å². The minimum atomic E-state index is -0.369. The third-order valence-corrected chi connectivity index (χ3v) is 6.67. The van der Waals surface area contributed by atoms with Crippen LogP contribution in [-0.4, -0.2) is 16.2 Å². The maximum Gasteiger partial charge on any atom is 0.188 e. The van der Waals surface area contributed by atoms with E-state index in [1.165, 1.54) is 22.9 Å². The monoisotopic (exact) mass is 424 g/mol. The summed E-state index contributed by atoms with van der Waals surface area (Å²) >= 11 is 11.5. The Morgan fingerprint density at radius 3 is 2.79 bits per heavy atom. The molecule has 0 saturated heterocycles. The average Bonchev–Trinajstić information content (AvgIpc) is 2.74. The lowest BCUT2D eigenvalue weighted by molar-refractivity contribution is -0.139. The lowest BCUT2D eigenvalue weighted by Gasteiger charge is -2.45. The molecule has 1 aliphatic heterocycles. The van der Waals surface area contributed by atoms with Gasteiger partial charge in [0.2, 0.25) is 0 Å². The Labute approximate surface area is 159 Å². The predicted octanol–water partition coefficient (Wildman–Crippen LogP) is 5.16. The first-order valence-electron chi connectivity index (χ1n) is 7.88. The number of rotatable bonds is 1. The van der Waals surface area contributed by atoms with Gasteiger partial charge in [0.15, 0.2) is 5.16 Å². The van der Waals surface area contributed by atoms with Gasteiger partial charge >= 0.3 is 0 Å². The molecule has 1 aromatic heterocycles. The van der Waals surface area contributed by atoms with Crippen LogP contribution in [0.2, 0.25) is 5.15 Å². The maximum atomic E-state index is 6.51. The van der Waals surface area contributed by atoms with Crippen LogP contribution in [0.15, 0.2) is 27.8 Å². The summed E-state index contributed by atoms with van der Waals surface area (Å²) in [4.78, 5) is 9.09. The van der Waals surface area contributed by atoms with Gasteiger partial charge in [-0.05, 0) is 35.9 Å². The Morgan fingerprint density at radius 1 is 1.25 bits per heavy atom. The molecular formula is C18H18BrClN2OS. The topological polar surface area (TPSA) is 35.0 Å². The van der Waals surface area contributed by atoms with Crippen molar-refractivity contribution < 1.29 is 4.74 Å². The van der Waals surface area contributed by atoms with Gasteiger partial charge < -0.3 is 4.74 Å².